The molecule has 1 atom stereocenters. The summed E-state index contributed by atoms with van der Waals surface area (Å²) in [5, 5.41) is 3.06. The van der Waals surface area contributed by atoms with Crippen molar-refractivity contribution in [1.29, 1.82) is 0 Å². The van der Waals surface area contributed by atoms with Crippen molar-refractivity contribution >= 4 is 15.7 Å². The molecule has 2 aromatic carbocycles. The molecule has 0 heterocycles. The second-order valence-electron chi connectivity index (χ2n) is 6.34. The number of fused-ring (bicyclic) bond motifs is 1. The van der Waals surface area contributed by atoms with Gasteiger partial charge in [-0.3, -0.25) is 4.79 Å². The Hall–Kier alpha value is -2.14. The van der Waals surface area contributed by atoms with Crippen LogP contribution in [0.4, 0.5) is 0 Å². The van der Waals surface area contributed by atoms with Crippen LogP contribution in [0.3, 0.4) is 0 Å². The predicted octanol–water partition coefficient (Wildman–Crippen LogP) is 2.77. The number of aryl methyl sites for hydroxylation is 1. The molecule has 0 radical (unpaired) electrons. The number of carbonyl (C=O) groups excluding carboxylic acids is 1. The minimum absolute atomic E-state index is 0.0723. The maximum Gasteiger partial charge on any atom is 0.251 e. The number of carbonyl (C=O) groups is 1. The van der Waals surface area contributed by atoms with Crippen LogP contribution in [-0.4, -0.2) is 26.6 Å². The van der Waals surface area contributed by atoms with Crippen LogP contribution < -0.4 is 5.32 Å². The average Bonchev–Trinajstić information content (AvgIpc) is 2.75. The van der Waals surface area contributed by atoms with Crippen molar-refractivity contribution in [3.8, 4) is 0 Å². The highest BCUT2D eigenvalue weighted by molar-refractivity contribution is 7.90. The van der Waals surface area contributed by atoms with Crippen molar-refractivity contribution < 1.29 is 13.2 Å². The van der Waals surface area contributed by atoms with Crippen LogP contribution in [0.5, 0.6) is 0 Å². The highest BCUT2D eigenvalue weighted by Gasteiger charge is 2.19. The van der Waals surface area contributed by atoms with Gasteiger partial charge in [0.05, 0.1) is 4.90 Å². The molecule has 1 amide bonds. The molecule has 0 saturated heterocycles. The van der Waals surface area contributed by atoms with Crippen LogP contribution in [-0.2, 0) is 22.7 Å². The summed E-state index contributed by atoms with van der Waals surface area (Å²) in [6.45, 7) is 0. The molecule has 3 rings (SSSR count). The summed E-state index contributed by atoms with van der Waals surface area (Å²) in [4.78, 5) is 12.7. The Kier molecular flexibility index (Phi) is 4.71. The molecule has 1 N–H and O–H groups in total. The number of hydrogen-bond donors (Lipinski definition) is 1. The van der Waals surface area contributed by atoms with Crippen molar-refractivity contribution in [2.24, 2.45) is 0 Å². The minimum Gasteiger partial charge on any atom is -0.349 e. The van der Waals surface area contributed by atoms with E-state index < -0.39 is 9.84 Å². The Bertz CT molecular complexity index is 858. The van der Waals surface area contributed by atoms with Gasteiger partial charge in [-0.25, -0.2) is 8.42 Å². The fourth-order valence-electron chi connectivity index (χ4n) is 3.17. The van der Waals surface area contributed by atoms with Gasteiger partial charge >= 0.3 is 0 Å². The molecule has 0 aromatic heterocycles. The van der Waals surface area contributed by atoms with E-state index in [1.807, 2.05) is 6.07 Å². The summed E-state index contributed by atoms with van der Waals surface area (Å²) in [7, 11) is -3.32. The lowest BCUT2D eigenvalue weighted by atomic mass is 10.0. The van der Waals surface area contributed by atoms with Gasteiger partial charge in [0.15, 0.2) is 9.84 Å². The van der Waals surface area contributed by atoms with Gasteiger partial charge in [0.2, 0.25) is 0 Å². The predicted molar refractivity (Wildman–Crippen MR) is 93.9 cm³/mol. The number of sulfone groups is 1. The molecular formula is C19H21NO3S. The standard InChI is InChI=1S/C19H21NO3S/c1-24(22,23)18-11-5-9-16(13-18)19(21)20-17-10-4-8-14-6-2-3-7-15(14)12-17/h2-3,5-7,9,11,13,17H,4,8,10,12H2,1H3,(H,20,21). The molecule has 0 fully saturated rings. The Labute approximate surface area is 142 Å². The van der Waals surface area contributed by atoms with Gasteiger partial charge in [0.25, 0.3) is 5.91 Å². The molecule has 2 aromatic rings. The van der Waals surface area contributed by atoms with Crippen LogP contribution in [0.15, 0.2) is 53.4 Å². The number of nitrogens with one attached hydrogen (secondary N) is 1. The first-order valence-electron chi connectivity index (χ1n) is 8.11. The normalized spacial score (nSPS) is 17.6. The smallest absolute Gasteiger partial charge is 0.251 e. The number of amides is 1. The largest absolute Gasteiger partial charge is 0.349 e. The van der Waals surface area contributed by atoms with E-state index in [1.54, 1.807) is 12.1 Å². The van der Waals surface area contributed by atoms with Gasteiger partial charge in [-0.1, -0.05) is 30.3 Å². The maximum absolute atomic E-state index is 12.5. The summed E-state index contributed by atoms with van der Waals surface area (Å²) >= 11 is 0. The molecule has 1 aliphatic carbocycles. The summed E-state index contributed by atoms with van der Waals surface area (Å²) in [6, 6.07) is 14.6. The second-order valence-corrected chi connectivity index (χ2v) is 8.35. The van der Waals surface area contributed by atoms with Gasteiger partial charge in [0, 0.05) is 17.9 Å². The molecular weight excluding hydrogens is 322 g/mol. The molecule has 126 valence electrons. The lowest BCUT2D eigenvalue weighted by Crippen LogP contribution is -2.36. The van der Waals surface area contributed by atoms with Crippen LogP contribution in [0.25, 0.3) is 0 Å². The van der Waals surface area contributed by atoms with Gasteiger partial charge < -0.3 is 5.32 Å². The third-order valence-electron chi connectivity index (χ3n) is 4.44. The maximum atomic E-state index is 12.5. The third kappa shape index (κ3) is 3.85. The highest BCUT2D eigenvalue weighted by Crippen LogP contribution is 2.21. The van der Waals surface area contributed by atoms with E-state index in [-0.39, 0.29) is 16.8 Å². The van der Waals surface area contributed by atoms with Crippen molar-refractivity contribution in [3.63, 3.8) is 0 Å². The van der Waals surface area contributed by atoms with Crippen LogP contribution in [0.1, 0.15) is 34.3 Å². The second kappa shape index (κ2) is 6.77. The number of hydrogen-bond acceptors (Lipinski definition) is 3. The van der Waals surface area contributed by atoms with Gasteiger partial charge in [0.1, 0.15) is 0 Å². The lowest BCUT2D eigenvalue weighted by Gasteiger charge is -2.17. The Balaban J connectivity index is 1.76. The number of benzene rings is 2. The first kappa shape index (κ1) is 16.7. The molecule has 5 heteroatoms. The zero-order chi connectivity index (χ0) is 17.2. The quantitative estimate of drug-likeness (QED) is 0.872. The van der Waals surface area contributed by atoms with Gasteiger partial charge in [-0.05, 0) is 55.0 Å². The third-order valence-corrected chi connectivity index (χ3v) is 5.55. The molecule has 0 aliphatic heterocycles. The van der Waals surface area contributed by atoms with Crippen molar-refractivity contribution in [2.75, 3.05) is 6.26 Å². The molecule has 24 heavy (non-hydrogen) atoms. The van der Waals surface area contributed by atoms with Crippen molar-refractivity contribution in [3.05, 3.63) is 65.2 Å². The first-order valence-corrected chi connectivity index (χ1v) is 10.0. The highest BCUT2D eigenvalue weighted by atomic mass is 32.2. The van der Waals surface area contributed by atoms with Crippen LogP contribution in [0, 0.1) is 0 Å². The van der Waals surface area contributed by atoms with E-state index in [9.17, 15) is 13.2 Å². The fraction of sp³-hybridized carbons (Fsp3) is 0.316. The molecule has 0 saturated carbocycles. The average molecular weight is 343 g/mol. The first-order chi connectivity index (χ1) is 11.4. The summed E-state index contributed by atoms with van der Waals surface area (Å²) in [5.41, 5.74) is 3.02. The van der Waals surface area contributed by atoms with E-state index >= 15 is 0 Å². The fourth-order valence-corrected chi connectivity index (χ4v) is 3.83. The molecule has 4 nitrogen and oxygen atoms in total. The lowest BCUT2D eigenvalue weighted by molar-refractivity contribution is 0.0934. The minimum atomic E-state index is -3.32. The number of rotatable bonds is 3. The molecule has 0 spiro atoms. The zero-order valence-corrected chi connectivity index (χ0v) is 14.5. The molecule has 1 aliphatic rings. The topological polar surface area (TPSA) is 63.2 Å². The Morgan fingerprint density at radius 3 is 2.58 bits per heavy atom. The zero-order valence-electron chi connectivity index (χ0n) is 13.7. The van der Waals surface area contributed by atoms with Crippen LogP contribution in [0.2, 0.25) is 0 Å². The Morgan fingerprint density at radius 2 is 1.83 bits per heavy atom. The SMILES string of the molecule is CS(=O)(=O)c1cccc(C(=O)NC2CCCc3ccccc3C2)c1. The summed E-state index contributed by atoms with van der Waals surface area (Å²) in [6.07, 6.45) is 4.95. The monoisotopic (exact) mass is 343 g/mol. The van der Waals surface area contributed by atoms with Crippen LogP contribution >= 0.6 is 0 Å². The summed E-state index contributed by atoms with van der Waals surface area (Å²) < 4.78 is 23.3. The van der Waals surface area contributed by atoms with Gasteiger partial charge in [-0.2, -0.15) is 0 Å². The van der Waals surface area contributed by atoms with Gasteiger partial charge in [-0.15, -0.1) is 0 Å². The van der Waals surface area contributed by atoms with E-state index in [0.29, 0.717) is 5.56 Å². The Morgan fingerprint density at radius 1 is 1.08 bits per heavy atom. The van der Waals surface area contributed by atoms with Crippen molar-refractivity contribution in [2.45, 2.75) is 36.6 Å². The van der Waals surface area contributed by atoms with E-state index in [1.165, 1.54) is 23.3 Å². The van der Waals surface area contributed by atoms with E-state index in [2.05, 4.69) is 23.5 Å². The van der Waals surface area contributed by atoms with E-state index in [4.69, 9.17) is 0 Å². The molecule has 0 bridgehead atoms. The van der Waals surface area contributed by atoms with E-state index in [0.717, 1.165) is 31.9 Å². The molecule has 1 unspecified atom stereocenters. The van der Waals surface area contributed by atoms with Crippen molar-refractivity contribution in [1.82, 2.24) is 5.32 Å². The summed E-state index contributed by atoms with van der Waals surface area (Å²) in [5.74, 6) is -0.218.